The van der Waals surface area contributed by atoms with E-state index in [1.165, 1.54) is 41.5 Å². The third-order valence-electron chi connectivity index (χ3n) is 3.38. The van der Waals surface area contributed by atoms with Crippen molar-refractivity contribution in [2.75, 3.05) is 0 Å². The van der Waals surface area contributed by atoms with Gasteiger partial charge in [-0.3, -0.25) is 0 Å². The SMILES string of the molecule is C1=Cc2c(cccc2-c2ccccc2)CCC1. The van der Waals surface area contributed by atoms with Crippen LogP contribution in [-0.2, 0) is 6.42 Å². The van der Waals surface area contributed by atoms with E-state index in [1.54, 1.807) is 0 Å². The average Bonchev–Trinajstić information content (AvgIpc) is 2.64. The average molecular weight is 220 g/mol. The minimum atomic E-state index is 1.20. The molecule has 1 aliphatic carbocycles. The molecule has 0 saturated carbocycles. The first-order valence-corrected chi connectivity index (χ1v) is 6.29. The molecular formula is C17H16. The van der Waals surface area contributed by atoms with Gasteiger partial charge >= 0.3 is 0 Å². The van der Waals surface area contributed by atoms with Crippen molar-refractivity contribution in [3.8, 4) is 11.1 Å². The predicted octanol–water partition coefficient (Wildman–Crippen LogP) is 4.70. The number of fused-ring (bicyclic) bond motifs is 1. The van der Waals surface area contributed by atoms with Crippen LogP contribution in [0.25, 0.3) is 17.2 Å². The fourth-order valence-electron chi connectivity index (χ4n) is 2.51. The minimum absolute atomic E-state index is 1.20. The van der Waals surface area contributed by atoms with E-state index >= 15 is 0 Å². The van der Waals surface area contributed by atoms with E-state index in [2.05, 4.69) is 60.7 Å². The van der Waals surface area contributed by atoms with E-state index in [9.17, 15) is 0 Å². The molecule has 2 aromatic rings. The molecular weight excluding hydrogens is 204 g/mol. The molecule has 0 saturated heterocycles. The molecule has 0 spiro atoms. The van der Waals surface area contributed by atoms with Crippen LogP contribution in [0.5, 0.6) is 0 Å². The van der Waals surface area contributed by atoms with E-state index < -0.39 is 0 Å². The van der Waals surface area contributed by atoms with Gasteiger partial charge in [0.25, 0.3) is 0 Å². The van der Waals surface area contributed by atoms with Gasteiger partial charge in [0, 0.05) is 0 Å². The number of allylic oxidation sites excluding steroid dienone is 1. The fraction of sp³-hybridized carbons (Fsp3) is 0.176. The number of rotatable bonds is 1. The molecule has 0 heteroatoms. The molecule has 0 aromatic heterocycles. The van der Waals surface area contributed by atoms with E-state index in [0.29, 0.717) is 0 Å². The Morgan fingerprint density at radius 3 is 2.59 bits per heavy atom. The topological polar surface area (TPSA) is 0 Å². The lowest BCUT2D eigenvalue weighted by Gasteiger charge is -2.10. The van der Waals surface area contributed by atoms with Crippen molar-refractivity contribution in [3.63, 3.8) is 0 Å². The maximum Gasteiger partial charge on any atom is -0.0109 e. The van der Waals surface area contributed by atoms with Crippen LogP contribution in [0.3, 0.4) is 0 Å². The summed E-state index contributed by atoms with van der Waals surface area (Å²) in [5, 5.41) is 0. The van der Waals surface area contributed by atoms with Crippen molar-refractivity contribution < 1.29 is 0 Å². The Kier molecular flexibility index (Phi) is 2.79. The van der Waals surface area contributed by atoms with Crippen molar-refractivity contribution in [3.05, 3.63) is 65.7 Å². The van der Waals surface area contributed by atoms with Crippen LogP contribution < -0.4 is 0 Å². The Bertz CT molecular complexity index is 535. The van der Waals surface area contributed by atoms with Gasteiger partial charge in [0.1, 0.15) is 0 Å². The third kappa shape index (κ3) is 2.03. The fourth-order valence-corrected chi connectivity index (χ4v) is 2.51. The highest BCUT2D eigenvalue weighted by atomic mass is 14.1. The lowest BCUT2D eigenvalue weighted by molar-refractivity contribution is 0.852. The first-order valence-electron chi connectivity index (χ1n) is 6.29. The molecule has 0 heterocycles. The maximum atomic E-state index is 2.30. The summed E-state index contributed by atoms with van der Waals surface area (Å²) in [6, 6.07) is 17.3. The van der Waals surface area contributed by atoms with Crippen molar-refractivity contribution in [1.29, 1.82) is 0 Å². The highest BCUT2D eigenvalue weighted by molar-refractivity contribution is 5.77. The summed E-state index contributed by atoms with van der Waals surface area (Å²) in [7, 11) is 0. The Balaban J connectivity index is 2.18. The number of hydrogen-bond acceptors (Lipinski definition) is 0. The van der Waals surface area contributed by atoms with Crippen molar-refractivity contribution >= 4 is 6.08 Å². The molecule has 2 aromatic carbocycles. The first kappa shape index (κ1) is 10.3. The molecule has 0 bridgehead atoms. The molecule has 17 heavy (non-hydrogen) atoms. The van der Waals surface area contributed by atoms with Gasteiger partial charge < -0.3 is 0 Å². The molecule has 0 radical (unpaired) electrons. The second kappa shape index (κ2) is 4.58. The molecule has 1 aliphatic rings. The molecule has 0 nitrogen and oxygen atoms in total. The quantitative estimate of drug-likeness (QED) is 0.653. The lowest BCUT2D eigenvalue weighted by atomic mass is 9.94. The smallest absolute Gasteiger partial charge is 0.0109 e. The first-order chi connectivity index (χ1) is 8.45. The zero-order valence-corrected chi connectivity index (χ0v) is 9.89. The van der Waals surface area contributed by atoms with Gasteiger partial charge in [-0.15, -0.1) is 0 Å². The summed E-state index contributed by atoms with van der Waals surface area (Å²) in [6.07, 6.45) is 8.26. The second-order valence-corrected chi connectivity index (χ2v) is 4.54. The van der Waals surface area contributed by atoms with Gasteiger partial charge in [-0.2, -0.15) is 0 Å². The van der Waals surface area contributed by atoms with E-state index in [4.69, 9.17) is 0 Å². The largest absolute Gasteiger partial charge is 0.0839 e. The third-order valence-corrected chi connectivity index (χ3v) is 3.38. The highest BCUT2D eigenvalue weighted by Gasteiger charge is 2.09. The number of benzene rings is 2. The standard InChI is InChI=1S/C17H16/c1-3-8-14(9-4-1)17-13-7-11-15-10-5-2-6-12-16(15)17/h1,3-4,6-9,11-13H,2,5,10H2. The van der Waals surface area contributed by atoms with Crippen molar-refractivity contribution in [1.82, 2.24) is 0 Å². The molecule has 0 N–H and O–H groups in total. The molecule has 84 valence electrons. The highest BCUT2D eigenvalue weighted by Crippen LogP contribution is 2.29. The number of hydrogen-bond donors (Lipinski definition) is 0. The van der Waals surface area contributed by atoms with Crippen LogP contribution in [0, 0.1) is 0 Å². The summed E-state index contributed by atoms with van der Waals surface area (Å²) in [4.78, 5) is 0. The van der Waals surface area contributed by atoms with Gasteiger partial charge in [0.05, 0.1) is 0 Å². The van der Waals surface area contributed by atoms with Crippen LogP contribution in [0.15, 0.2) is 54.6 Å². The van der Waals surface area contributed by atoms with Crippen molar-refractivity contribution in [2.45, 2.75) is 19.3 Å². The Morgan fingerprint density at radius 2 is 1.71 bits per heavy atom. The normalized spacial score (nSPS) is 14.1. The van der Waals surface area contributed by atoms with E-state index in [-0.39, 0.29) is 0 Å². The van der Waals surface area contributed by atoms with Gasteiger partial charge in [-0.25, -0.2) is 0 Å². The molecule has 0 unspecified atom stereocenters. The van der Waals surface area contributed by atoms with Gasteiger partial charge in [-0.1, -0.05) is 60.7 Å². The minimum Gasteiger partial charge on any atom is -0.0839 e. The zero-order chi connectivity index (χ0) is 11.5. The van der Waals surface area contributed by atoms with Gasteiger partial charge in [-0.05, 0) is 41.5 Å². The maximum absolute atomic E-state index is 2.30. The van der Waals surface area contributed by atoms with Crippen LogP contribution >= 0.6 is 0 Å². The zero-order valence-electron chi connectivity index (χ0n) is 9.89. The monoisotopic (exact) mass is 220 g/mol. The van der Waals surface area contributed by atoms with Crippen LogP contribution in [0.2, 0.25) is 0 Å². The molecule has 0 aliphatic heterocycles. The van der Waals surface area contributed by atoms with Gasteiger partial charge in [0.2, 0.25) is 0 Å². The lowest BCUT2D eigenvalue weighted by Crippen LogP contribution is -1.91. The van der Waals surface area contributed by atoms with E-state index in [0.717, 1.165) is 0 Å². The summed E-state index contributed by atoms with van der Waals surface area (Å²) >= 11 is 0. The molecule has 0 amide bonds. The van der Waals surface area contributed by atoms with Crippen LogP contribution in [0.1, 0.15) is 24.0 Å². The molecule has 0 fully saturated rings. The Labute approximate surface area is 103 Å². The Morgan fingerprint density at radius 1 is 0.824 bits per heavy atom. The predicted molar refractivity (Wildman–Crippen MR) is 73.9 cm³/mol. The van der Waals surface area contributed by atoms with Gasteiger partial charge in [0.15, 0.2) is 0 Å². The summed E-state index contributed by atoms with van der Waals surface area (Å²) in [5.41, 5.74) is 5.58. The summed E-state index contributed by atoms with van der Waals surface area (Å²) in [5.74, 6) is 0. The Hall–Kier alpha value is -1.82. The summed E-state index contributed by atoms with van der Waals surface area (Å²) < 4.78 is 0. The number of aryl methyl sites for hydroxylation is 1. The molecule has 0 atom stereocenters. The summed E-state index contributed by atoms with van der Waals surface area (Å²) in [6.45, 7) is 0. The second-order valence-electron chi connectivity index (χ2n) is 4.54. The molecule has 3 rings (SSSR count). The van der Waals surface area contributed by atoms with Crippen molar-refractivity contribution in [2.24, 2.45) is 0 Å². The van der Waals surface area contributed by atoms with Crippen LogP contribution in [0.4, 0.5) is 0 Å². The van der Waals surface area contributed by atoms with E-state index in [1.807, 2.05) is 0 Å². The van der Waals surface area contributed by atoms with Crippen LogP contribution in [-0.4, -0.2) is 0 Å².